The molecule has 0 bridgehead atoms. The van der Waals surface area contributed by atoms with E-state index < -0.39 is 36.1 Å². The van der Waals surface area contributed by atoms with Crippen molar-refractivity contribution in [2.75, 3.05) is 24.4 Å². The lowest BCUT2D eigenvalue weighted by molar-refractivity contribution is -0.137. The lowest BCUT2D eigenvalue weighted by Crippen LogP contribution is -2.21. The number of methoxy groups -OCH3 is 1. The zero-order valence-electron chi connectivity index (χ0n) is 18.3. The maximum Gasteiger partial charge on any atom is 0.416 e. The van der Waals surface area contributed by atoms with Crippen LogP contribution in [0.3, 0.4) is 0 Å². The van der Waals surface area contributed by atoms with Gasteiger partial charge in [-0.2, -0.15) is 13.2 Å². The fourth-order valence-corrected chi connectivity index (χ4v) is 4.20. The minimum atomic E-state index is -4.58. The molecule has 0 unspecified atom stereocenters. The van der Waals surface area contributed by atoms with Gasteiger partial charge in [0.25, 0.3) is 11.8 Å². The summed E-state index contributed by atoms with van der Waals surface area (Å²) in [6, 6.07) is 10.4. The van der Waals surface area contributed by atoms with Gasteiger partial charge in [-0.1, -0.05) is 17.7 Å². The molecule has 0 saturated carbocycles. The molecule has 12 heteroatoms. The van der Waals surface area contributed by atoms with Gasteiger partial charge in [0.05, 0.1) is 23.1 Å². The van der Waals surface area contributed by atoms with Gasteiger partial charge < -0.3 is 20.1 Å². The van der Waals surface area contributed by atoms with Gasteiger partial charge in [-0.25, -0.2) is 4.79 Å². The summed E-state index contributed by atoms with van der Waals surface area (Å²) in [5, 5.41) is 5.43. The molecule has 7 nitrogen and oxygen atoms in total. The number of halogens is 4. The molecule has 0 aliphatic heterocycles. The number of alkyl halides is 3. The van der Waals surface area contributed by atoms with E-state index in [0.29, 0.717) is 10.8 Å². The summed E-state index contributed by atoms with van der Waals surface area (Å²) in [4.78, 5) is 37.6. The van der Waals surface area contributed by atoms with Gasteiger partial charge in [-0.15, -0.1) is 11.3 Å². The van der Waals surface area contributed by atoms with Gasteiger partial charge in [-0.3, -0.25) is 9.59 Å². The summed E-state index contributed by atoms with van der Waals surface area (Å²) in [5.74, 6) is -1.78. The minimum Gasteiger partial charge on any atom is -0.484 e. The average molecular weight is 527 g/mol. The molecule has 0 aliphatic carbocycles. The van der Waals surface area contributed by atoms with Gasteiger partial charge in [0, 0.05) is 10.7 Å². The van der Waals surface area contributed by atoms with Crippen molar-refractivity contribution in [2.24, 2.45) is 0 Å². The summed E-state index contributed by atoms with van der Waals surface area (Å²) in [6.45, 7) is 1.06. The molecular weight excluding hydrogens is 509 g/mol. The molecule has 0 fully saturated rings. The zero-order valence-corrected chi connectivity index (χ0v) is 19.9. The van der Waals surface area contributed by atoms with Crippen molar-refractivity contribution in [3.8, 4) is 5.75 Å². The Morgan fingerprint density at radius 3 is 2.37 bits per heavy atom. The van der Waals surface area contributed by atoms with Crippen molar-refractivity contribution < 1.29 is 37.0 Å². The van der Waals surface area contributed by atoms with E-state index in [-0.39, 0.29) is 26.7 Å². The van der Waals surface area contributed by atoms with E-state index in [1.165, 1.54) is 13.0 Å². The summed E-state index contributed by atoms with van der Waals surface area (Å²) in [7, 11) is 1.14. The van der Waals surface area contributed by atoms with E-state index in [2.05, 4.69) is 10.6 Å². The summed E-state index contributed by atoms with van der Waals surface area (Å²) in [5.41, 5.74) is -0.868. The molecule has 2 aromatic carbocycles. The van der Waals surface area contributed by atoms with Crippen LogP contribution in [0, 0.1) is 6.92 Å². The molecule has 0 saturated heterocycles. The van der Waals surface area contributed by atoms with E-state index in [1.54, 1.807) is 24.3 Å². The van der Waals surface area contributed by atoms with Crippen molar-refractivity contribution in [2.45, 2.75) is 13.1 Å². The smallest absolute Gasteiger partial charge is 0.416 e. The number of rotatable bonds is 7. The average Bonchev–Trinajstić information content (AvgIpc) is 3.13. The number of benzene rings is 2. The summed E-state index contributed by atoms with van der Waals surface area (Å²) < 4.78 is 49.0. The predicted molar refractivity (Wildman–Crippen MR) is 125 cm³/mol. The molecule has 3 rings (SSSR count). The number of carbonyl (C=O) groups excluding carboxylic acids is 3. The van der Waals surface area contributed by atoms with Crippen LogP contribution >= 0.6 is 22.9 Å². The van der Waals surface area contributed by atoms with Crippen LogP contribution in [0.2, 0.25) is 5.02 Å². The second-order valence-corrected chi connectivity index (χ2v) is 8.53. The monoisotopic (exact) mass is 526 g/mol. The van der Waals surface area contributed by atoms with E-state index in [1.807, 2.05) is 0 Å². The van der Waals surface area contributed by atoms with Crippen LogP contribution in [0.4, 0.5) is 23.9 Å². The molecule has 0 atom stereocenters. The van der Waals surface area contributed by atoms with Crippen molar-refractivity contribution >= 4 is 51.4 Å². The van der Waals surface area contributed by atoms with Crippen LogP contribution in [-0.2, 0) is 15.7 Å². The fourth-order valence-electron chi connectivity index (χ4n) is 2.97. The first kappa shape index (κ1) is 26.0. The van der Waals surface area contributed by atoms with Crippen molar-refractivity contribution in [1.82, 2.24) is 0 Å². The number of hydrogen-bond donors (Lipinski definition) is 2. The molecule has 0 spiro atoms. The molecule has 2 N–H and O–H groups in total. The van der Waals surface area contributed by atoms with Gasteiger partial charge >= 0.3 is 12.1 Å². The largest absolute Gasteiger partial charge is 0.484 e. The zero-order chi connectivity index (χ0) is 25.8. The van der Waals surface area contributed by atoms with Crippen molar-refractivity contribution in [3.05, 3.63) is 75.1 Å². The molecule has 0 aliphatic rings. The Bertz CT molecular complexity index is 1260. The van der Waals surface area contributed by atoms with Crippen LogP contribution in [0.5, 0.6) is 5.75 Å². The first-order valence-corrected chi connectivity index (χ1v) is 11.1. The third-order valence-corrected chi connectivity index (χ3v) is 6.08. The maximum absolute atomic E-state index is 13.0. The predicted octanol–water partition coefficient (Wildman–Crippen LogP) is 5.79. The lowest BCUT2D eigenvalue weighted by Gasteiger charge is -2.09. The number of anilines is 2. The van der Waals surface area contributed by atoms with Crippen LogP contribution in [-0.4, -0.2) is 31.5 Å². The van der Waals surface area contributed by atoms with Gasteiger partial charge in [0.15, 0.2) is 6.61 Å². The maximum atomic E-state index is 13.0. The Morgan fingerprint density at radius 1 is 1.06 bits per heavy atom. The Morgan fingerprint density at radius 2 is 1.74 bits per heavy atom. The highest BCUT2D eigenvalue weighted by molar-refractivity contribution is 7.19. The standard InChI is InChI=1S/C23H18ClF3N2O5S/c1-12-18(22(32)33-2)21(29-17(30)11-34-16-8-6-14(24)7-9-16)35-19(12)20(31)28-15-5-3-4-13(10-15)23(25,26)27/h3-10H,11H2,1-2H3,(H,28,31)(H,29,30). The summed E-state index contributed by atoms with van der Waals surface area (Å²) in [6.07, 6.45) is -4.58. The van der Waals surface area contributed by atoms with Crippen LogP contribution < -0.4 is 15.4 Å². The SMILES string of the molecule is COC(=O)c1c(NC(=O)COc2ccc(Cl)cc2)sc(C(=O)Nc2cccc(C(F)(F)F)c2)c1C. The van der Waals surface area contributed by atoms with Gasteiger partial charge in [0.2, 0.25) is 0 Å². The molecule has 184 valence electrons. The van der Waals surface area contributed by atoms with Crippen LogP contribution in [0.15, 0.2) is 48.5 Å². The van der Waals surface area contributed by atoms with E-state index in [4.69, 9.17) is 21.1 Å². The molecule has 2 amide bonds. The molecular formula is C23H18ClF3N2O5S. The molecule has 0 radical (unpaired) electrons. The number of carbonyl (C=O) groups is 3. The van der Waals surface area contributed by atoms with E-state index in [9.17, 15) is 27.6 Å². The van der Waals surface area contributed by atoms with Crippen LogP contribution in [0.1, 0.15) is 31.2 Å². The first-order valence-electron chi connectivity index (χ1n) is 9.88. The topological polar surface area (TPSA) is 93.7 Å². The highest BCUT2D eigenvalue weighted by Crippen LogP contribution is 2.35. The number of esters is 1. The molecule has 3 aromatic rings. The second kappa shape index (κ2) is 10.8. The number of hydrogen-bond acceptors (Lipinski definition) is 6. The molecule has 1 heterocycles. The number of ether oxygens (including phenoxy) is 2. The quantitative estimate of drug-likeness (QED) is 0.380. The third kappa shape index (κ3) is 6.52. The fraction of sp³-hybridized carbons (Fsp3) is 0.174. The van der Waals surface area contributed by atoms with E-state index >= 15 is 0 Å². The highest BCUT2D eigenvalue weighted by atomic mass is 35.5. The minimum absolute atomic E-state index is 0.0109. The Balaban J connectivity index is 1.80. The first-order chi connectivity index (χ1) is 16.5. The Hall–Kier alpha value is -3.57. The van der Waals surface area contributed by atoms with Crippen molar-refractivity contribution in [3.63, 3.8) is 0 Å². The highest BCUT2D eigenvalue weighted by Gasteiger charge is 2.31. The summed E-state index contributed by atoms with van der Waals surface area (Å²) >= 11 is 6.58. The molecule has 35 heavy (non-hydrogen) atoms. The lowest BCUT2D eigenvalue weighted by atomic mass is 10.1. The van der Waals surface area contributed by atoms with Gasteiger partial charge in [-0.05, 0) is 55.0 Å². The third-order valence-electron chi connectivity index (χ3n) is 4.63. The Kier molecular flexibility index (Phi) is 8.03. The second-order valence-electron chi connectivity index (χ2n) is 7.08. The van der Waals surface area contributed by atoms with Crippen molar-refractivity contribution in [1.29, 1.82) is 0 Å². The number of nitrogens with one attached hydrogen (secondary N) is 2. The molecule has 1 aromatic heterocycles. The number of thiophene rings is 1. The van der Waals surface area contributed by atoms with Gasteiger partial charge in [0.1, 0.15) is 10.8 Å². The van der Waals surface area contributed by atoms with E-state index in [0.717, 1.165) is 36.6 Å². The number of amides is 2. The Labute approximate surface area is 206 Å². The normalized spacial score (nSPS) is 11.0. The van der Waals surface area contributed by atoms with Crippen LogP contribution in [0.25, 0.3) is 0 Å².